The first-order valence-electron chi connectivity index (χ1n) is 11.8. The molecule has 8 nitrogen and oxygen atoms in total. The van der Waals surface area contributed by atoms with Gasteiger partial charge in [-0.3, -0.25) is 14.4 Å². The molecule has 3 N–H and O–H groups in total. The number of benzene rings is 1. The Labute approximate surface area is 195 Å². The zero-order chi connectivity index (χ0) is 24.0. The van der Waals surface area contributed by atoms with E-state index in [9.17, 15) is 19.5 Å². The molecule has 3 aliphatic heterocycles. The molecular weight excluding hydrogens is 422 g/mol. The Bertz CT molecular complexity index is 930. The van der Waals surface area contributed by atoms with E-state index in [0.717, 1.165) is 5.56 Å². The number of hydrogen-bond acceptors (Lipinski definition) is 5. The van der Waals surface area contributed by atoms with Crippen LogP contribution in [-0.2, 0) is 25.7 Å². The van der Waals surface area contributed by atoms with E-state index in [1.54, 1.807) is 0 Å². The van der Waals surface area contributed by atoms with Crippen LogP contribution in [0.3, 0.4) is 0 Å². The lowest BCUT2D eigenvalue weighted by molar-refractivity contribution is -0.147. The summed E-state index contributed by atoms with van der Waals surface area (Å²) in [6, 6.07) is 8.79. The van der Waals surface area contributed by atoms with Crippen molar-refractivity contribution in [3.63, 3.8) is 0 Å². The highest BCUT2D eigenvalue weighted by Gasteiger charge is 2.77. The number of nitrogens with one attached hydrogen (secondary N) is 2. The van der Waals surface area contributed by atoms with Crippen molar-refractivity contribution in [2.24, 2.45) is 11.8 Å². The van der Waals surface area contributed by atoms with Crippen LogP contribution in [0.2, 0.25) is 0 Å². The van der Waals surface area contributed by atoms with Crippen molar-refractivity contribution >= 4 is 17.7 Å². The summed E-state index contributed by atoms with van der Waals surface area (Å²) in [4.78, 5) is 42.1. The van der Waals surface area contributed by atoms with E-state index in [1.807, 2.05) is 58.0 Å². The Hall–Kier alpha value is -2.45. The Balaban J connectivity index is 1.64. The van der Waals surface area contributed by atoms with Crippen LogP contribution in [0.4, 0.5) is 0 Å². The first kappa shape index (κ1) is 23.7. The van der Waals surface area contributed by atoms with Crippen molar-refractivity contribution in [1.29, 1.82) is 0 Å². The predicted molar refractivity (Wildman–Crippen MR) is 122 cm³/mol. The van der Waals surface area contributed by atoms with Gasteiger partial charge in [0.15, 0.2) is 0 Å². The Morgan fingerprint density at radius 1 is 1.18 bits per heavy atom. The number of amides is 3. The second-order valence-electron chi connectivity index (χ2n) is 10.8. The number of carbonyl (C=O) groups is 3. The molecule has 2 bridgehead atoms. The van der Waals surface area contributed by atoms with Crippen LogP contribution in [0, 0.1) is 11.8 Å². The Morgan fingerprint density at radius 3 is 2.52 bits per heavy atom. The molecule has 1 aromatic rings. The molecule has 5 atom stereocenters. The molecule has 3 heterocycles. The first-order valence-corrected chi connectivity index (χ1v) is 11.8. The molecule has 1 aromatic carbocycles. The average molecular weight is 458 g/mol. The van der Waals surface area contributed by atoms with E-state index in [0.29, 0.717) is 25.8 Å². The number of aliphatic hydroxyl groups is 1. The van der Waals surface area contributed by atoms with Crippen molar-refractivity contribution in [3.8, 4) is 0 Å². The fraction of sp³-hybridized carbons (Fsp3) is 0.640. The van der Waals surface area contributed by atoms with Gasteiger partial charge in [0.1, 0.15) is 11.6 Å². The highest BCUT2D eigenvalue weighted by atomic mass is 16.5. The molecular formula is C25H35N3O5. The maximum absolute atomic E-state index is 13.7. The molecule has 8 heteroatoms. The minimum Gasteiger partial charge on any atom is -0.396 e. The molecule has 0 saturated carbocycles. The van der Waals surface area contributed by atoms with Crippen LogP contribution in [0.1, 0.15) is 52.5 Å². The number of carbonyl (C=O) groups excluding carboxylic acids is 3. The van der Waals surface area contributed by atoms with Crippen molar-refractivity contribution in [2.75, 3.05) is 13.2 Å². The van der Waals surface area contributed by atoms with Gasteiger partial charge in [0.25, 0.3) is 0 Å². The summed E-state index contributed by atoms with van der Waals surface area (Å²) < 4.78 is 6.54. The third-order valence-corrected chi connectivity index (χ3v) is 7.17. The van der Waals surface area contributed by atoms with E-state index in [4.69, 9.17) is 4.74 Å². The van der Waals surface area contributed by atoms with Gasteiger partial charge in [-0.05, 0) is 52.5 Å². The van der Waals surface area contributed by atoms with Crippen molar-refractivity contribution < 1.29 is 24.2 Å². The molecule has 180 valence electrons. The maximum atomic E-state index is 13.7. The molecule has 4 rings (SSSR count). The van der Waals surface area contributed by atoms with Gasteiger partial charge in [0.2, 0.25) is 17.7 Å². The van der Waals surface area contributed by atoms with E-state index in [2.05, 4.69) is 10.6 Å². The summed E-state index contributed by atoms with van der Waals surface area (Å²) >= 11 is 0. The second-order valence-corrected chi connectivity index (χ2v) is 10.8. The Kier molecular flexibility index (Phi) is 6.03. The topological polar surface area (TPSA) is 108 Å². The molecule has 2 unspecified atom stereocenters. The molecule has 3 aliphatic rings. The number of aliphatic hydroxyl groups excluding tert-OH is 1. The molecule has 0 radical (unpaired) electrons. The summed E-state index contributed by atoms with van der Waals surface area (Å²) in [5.41, 5.74) is -1.35. The van der Waals surface area contributed by atoms with E-state index in [-0.39, 0.29) is 30.9 Å². The number of likely N-dealkylation sites (tertiary alicyclic amines) is 1. The summed E-state index contributed by atoms with van der Waals surface area (Å²) in [6.07, 6.45) is 1.50. The second kappa shape index (κ2) is 8.40. The van der Waals surface area contributed by atoms with Gasteiger partial charge in [-0.2, -0.15) is 0 Å². The molecule has 3 fully saturated rings. The maximum Gasteiger partial charge on any atom is 0.246 e. The van der Waals surface area contributed by atoms with Crippen LogP contribution >= 0.6 is 0 Å². The SMILES string of the molecule is CC(C)(C)NC(=O)C1N(CCCO)C(=O)[C@@H]2[C@H](C(=O)NCc3ccccc3)[C@]3(C)CCC12O3. The number of fused-ring (bicyclic) bond motifs is 1. The lowest BCUT2D eigenvalue weighted by atomic mass is 9.66. The van der Waals surface area contributed by atoms with Gasteiger partial charge >= 0.3 is 0 Å². The van der Waals surface area contributed by atoms with Crippen molar-refractivity contribution in [1.82, 2.24) is 15.5 Å². The summed E-state index contributed by atoms with van der Waals surface area (Å²) in [7, 11) is 0. The van der Waals surface area contributed by atoms with Gasteiger partial charge in [-0.15, -0.1) is 0 Å². The number of ether oxygens (including phenoxy) is 1. The fourth-order valence-electron chi connectivity index (χ4n) is 5.94. The summed E-state index contributed by atoms with van der Waals surface area (Å²) in [6.45, 7) is 8.08. The molecule has 33 heavy (non-hydrogen) atoms. The van der Waals surface area contributed by atoms with Gasteiger partial charge in [-0.1, -0.05) is 30.3 Å². The van der Waals surface area contributed by atoms with Crippen LogP contribution in [0.25, 0.3) is 0 Å². The van der Waals surface area contributed by atoms with Crippen LogP contribution in [0.15, 0.2) is 30.3 Å². The predicted octanol–water partition coefficient (Wildman–Crippen LogP) is 1.36. The van der Waals surface area contributed by atoms with Crippen LogP contribution in [0.5, 0.6) is 0 Å². The van der Waals surface area contributed by atoms with Crippen molar-refractivity contribution in [3.05, 3.63) is 35.9 Å². The van der Waals surface area contributed by atoms with Crippen molar-refractivity contribution in [2.45, 2.75) is 76.3 Å². The van der Waals surface area contributed by atoms with Gasteiger partial charge < -0.3 is 25.4 Å². The minimum atomic E-state index is -1.04. The molecule has 0 aliphatic carbocycles. The van der Waals surface area contributed by atoms with E-state index >= 15 is 0 Å². The zero-order valence-electron chi connectivity index (χ0n) is 19.9. The molecule has 1 spiro atoms. The number of hydrogen-bond donors (Lipinski definition) is 3. The van der Waals surface area contributed by atoms with E-state index < -0.39 is 34.6 Å². The fourth-order valence-corrected chi connectivity index (χ4v) is 5.94. The average Bonchev–Trinajstić information content (AvgIpc) is 3.31. The molecule has 3 saturated heterocycles. The molecule has 3 amide bonds. The quantitative estimate of drug-likeness (QED) is 0.573. The zero-order valence-corrected chi connectivity index (χ0v) is 19.9. The van der Waals surface area contributed by atoms with Crippen LogP contribution < -0.4 is 10.6 Å². The Morgan fingerprint density at radius 2 is 1.88 bits per heavy atom. The minimum absolute atomic E-state index is 0.0887. The highest BCUT2D eigenvalue weighted by molar-refractivity contribution is 5.99. The summed E-state index contributed by atoms with van der Waals surface area (Å²) in [5.74, 6) is -2.13. The highest BCUT2D eigenvalue weighted by Crippen LogP contribution is 2.63. The lowest BCUT2D eigenvalue weighted by Crippen LogP contribution is -2.58. The number of nitrogens with zero attached hydrogens (tertiary/aromatic N) is 1. The molecule has 0 aromatic heterocycles. The standard InChI is InChI=1S/C25H35N3O5/c1-23(2,3)27-21(31)19-25-12-11-24(4,33-25)17(18(25)22(32)28(19)13-8-14-29)20(30)26-15-16-9-6-5-7-10-16/h5-7,9-10,17-19,29H,8,11-15H2,1-4H3,(H,26,30)(H,27,31)/t17-,18+,19?,24+,25?/m1/s1. The third-order valence-electron chi connectivity index (χ3n) is 7.17. The van der Waals surface area contributed by atoms with Gasteiger partial charge in [-0.25, -0.2) is 0 Å². The normalized spacial score (nSPS) is 32.7. The van der Waals surface area contributed by atoms with Gasteiger partial charge in [0, 0.05) is 25.2 Å². The largest absolute Gasteiger partial charge is 0.396 e. The van der Waals surface area contributed by atoms with E-state index in [1.165, 1.54) is 4.90 Å². The number of rotatable bonds is 7. The van der Waals surface area contributed by atoms with Crippen LogP contribution in [-0.4, -0.2) is 63.7 Å². The first-order chi connectivity index (χ1) is 15.5. The van der Waals surface area contributed by atoms with Gasteiger partial charge in [0.05, 0.1) is 17.4 Å². The third kappa shape index (κ3) is 4.04. The monoisotopic (exact) mass is 457 g/mol. The summed E-state index contributed by atoms with van der Waals surface area (Å²) in [5, 5.41) is 15.4. The smallest absolute Gasteiger partial charge is 0.246 e. The lowest BCUT2D eigenvalue weighted by Gasteiger charge is -2.35.